The summed E-state index contributed by atoms with van der Waals surface area (Å²) in [6.45, 7) is 4.10. The summed E-state index contributed by atoms with van der Waals surface area (Å²) in [6, 6.07) is 10.9. The van der Waals surface area contributed by atoms with Crippen molar-refractivity contribution in [3.05, 3.63) is 65.1 Å². The topological polar surface area (TPSA) is 29.3 Å². The molecule has 22 heavy (non-hydrogen) atoms. The van der Waals surface area contributed by atoms with Gasteiger partial charge in [0.2, 0.25) is 0 Å². The summed E-state index contributed by atoms with van der Waals surface area (Å²) in [7, 11) is 1.94. The summed E-state index contributed by atoms with van der Waals surface area (Å²) < 4.78 is 15.4. The molecule has 3 nitrogen and oxygen atoms in total. The maximum Gasteiger partial charge on any atom is 0.123 e. The molecule has 0 radical (unpaired) electrons. The smallest absolute Gasteiger partial charge is 0.123 e. The number of hydrogen-bond acceptors (Lipinski definition) is 2. The molecule has 112 valence electrons. The highest BCUT2D eigenvalue weighted by molar-refractivity contribution is 5.99. The van der Waals surface area contributed by atoms with Crippen LogP contribution in [0.4, 0.5) is 10.1 Å². The minimum Gasteiger partial charge on any atom is -0.350 e. The maximum atomic E-state index is 13.4. The highest BCUT2D eigenvalue weighted by atomic mass is 19.1. The first-order chi connectivity index (χ1) is 10.5. The van der Waals surface area contributed by atoms with Crippen molar-refractivity contribution < 1.29 is 4.39 Å². The quantitative estimate of drug-likeness (QED) is 0.564. The van der Waals surface area contributed by atoms with Crippen LogP contribution in [0.3, 0.4) is 0 Å². The second-order valence-corrected chi connectivity index (χ2v) is 5.55. The largest absolute Gasteiger partial charge is 0.350 e. The third kappa shape index (κ3) is 2.72. The van der Waals surface area contributed by atoms with Crippen molar-refractivity contribution >= 4 is 22.8 Å². The molecule has 0 saturated heterocycles. The minimum absolute atomic E-state index is 0.240. The Morgan fingerprint density at radius 3 is 2.73 bits per heavy atom. The zero-order valence-electron chi connectivity index (χ0n) is 12.9. The first kappa shape index (κ1) is 14.3. The number of anilines is 1. The molecule has 0 fully saturated rings. The van der Waals surface area contributed by atoms with E-state index in [0.717, 1.165) is 27.7 Å². The van der Waals surface area contributed by atoms with E-state index in [-0.39, 0.29) is 5.82 Å². The molecule has 1 heterocycles. The Bertz CT molecular complexity index is 862. The number of hydrogen-bond donors (Lipinski definition) is 1. The third-order valence-corrected chi connectivity index (χ3v) is 3.75. The van der Waals surface area contributed by atoms with Crippen LogP contribution in [0.15, 0.2) is 47.7 Å². The van der Waals surface area contributed by atoms with E-state index in [1.165, 1.54) is 17.7 Å². The number of aromatic nitrogens is 1. The SMILES string of the molecule is Cc1ccc(N/N=C/c2cn(C)c3ccc(F)cc23)c(C)c1. The lowest BCUT2D eigenvalue weighted by Crippen LogP contribution is -1.93. The number of hydrazone groups is 1. The van der Waals surface area contributed by atoms with Gasteiger partial charge in [0.05, 0.1) is 11.9 Å². The molecular weight excluding hydrogens is 277 g/mol. The van der Waals surface area contributed by atoms with Gasteiger partial charge in [-0.15, -0.1) is 0 Å². The second-order valence-electron chi connectivity index (χ2n) is 5.55. The standard InChI is InChI=1S/C18H18FN3/c1-12-4-6-17(13(2)8-12)21-20-10-14-11-22(3)18-7-5-15(19)9-16(14)18/h4-11,21H,1-3H3/b20-10+. The normalized spacial score (nSPS) is 11.5. The maximum absolute atomic E-state index is 13.4. The molecule has 0 unspecified atom stereocenters. The van der Waals surface area contributed by atoms with Gasteiger partial charge < -0.3 is 4.57 Å². The van der Waals surface area contributed by atoms with E-state index >= 15 is 0 Å². The molecule has 0 saturated carbocycles. The van der Waals surface area contributed by atoms with E-state index in [1.807, 2.05) is 36.9 Å². The summed E-state index contributed by atoms with van der Waals surface area (Å²) in [6.07, 6.45) is 3.67. The Balaban J connectivity index is 1.88. The molecule has 1 aromatic heterocycles. The zero-order valence-corrected chi connectivity index (χ0v) is 12.9. The summed E-state index contributed by atoms with van der Waals surface area (Å²) in [4.78, 5) is 0. The number of rotatable bonds is 3. The van der Waals surface area contributed by atoms with Gasteiger partial charge in [-0.1, -0.05) is 17.7 Å². The van der Waals surface area contributed by atoms with Crippen molar-refractivity contribution in [2.75, 3.05) is 5.43 Å². The van der Waals surface area contributed by atoms with Gasteiger partial charge in [0.25, 0.3) is 0 Å². The number of fused-ring (bicyclic) bond motifs is 1. The van der Waals surface area contributed by atoms with Crippen LogP contribution in [0.1, 0.15) is 16.7 Å². The third-order valence-electron chi connectivity index (χ3n) is 3.75. The van der Waals surface area contributed by atoms with Gasteiger partial charge in [0, 0.05) is 29.7 Å². The van der Waals surface area contributed by atoms with Crippen LogP contribution in [0, 0.1) is 19.7 Å². The summed E-state index contributed by atoms with van der Waals surface area (Å²) >= 11 is 0. The van der Waals surface area contributed by atoms with Gasteiger partial charge in [0.15, 0.2) is 0 Å². The van der Waals surface area contributed by atoms with Gasteiger partial charge in [-0.3, -0.25) is 5.43 Å². The minimum atomic E-state index is -0.240. The van der Waals surface area contributed by atoms with Gasteiger partial charge >= 0.3 is 0 Å². The Morgan fingerprint density at radius 2 is 1.95 bits per heavy atom. The zero-order chi connectivity index (χ0) is 15.7. The van der Waals surface area contributed by atoms with Crippen LogP contribution >= 0.6 is 0 Å². The molecule has 3 rings (SSSR count). The van der Waals surface area contributed by atoms with Crippen LogP contribution in [-0.2, 0) is 7.05 Å². The lowest BCUT2D eigenvalue weighted by atomic mass is 10.1. The lowest BCUT2D eigenvalue weighted by Gasteiger charge is -2.05. The molecule has 3 aromatic rings. The highest BCUT2D eigenvalue weighted by Gasteiger charge is 2.05. The van der Waals surface area contributed by atoms with E-state index in [0.29, 0.717) is 0 Å². The molecule has 1 N–H and O–H groups in total. The number of nitrogens with one attached hydrogen (secondary N) is 1. The Labute approximate surface area is 129 Å². The first-order valence-electron chi connectivity index (χ1n) is 7.15. The number of nitrogens with zero attached hydrogens (tertiary/aromatic N) is 2. The predicted molar refractivity (Wildman–Crippen MR) is 90.0 cm³/mol. The van der Waals surface area contributed by atoms with E-state index in [9.17, 15) is 4.39 Å². The van der Waals surface area contributed by atoms with Crippen molar-refractivity contribution in [1.29, 1.82) is 0 Å². The monoisotopic (exact) mass is 295 g/mol. The van der Waals surface area contributed by atoms with Crippen LogP contribution < -0.4 is 5.43 Å². The fourth-order valence-electron chi connectivity index (χ4n) is 2.61. The average molecular weight is 295 g/mol. The van der Waals surface area contributed by atoms with E-state index in [2.05, 4.69) is 23.5 Å². The van der Waals surface area contributed by atoms with Crippen LogP contribution in [-0.4, -0.2) is 10.8 Å². The number of benzene rings is 2. The highest BCUT2D eigenvalue weighted by Crippen LogP contribution is 2.21. The molecule has 4 heteroatoms. The fourth-order valence-corrected chi connectivity index (χ4v) is 2.61. The molecule has 0 aliphatic rings. The molecule has 0 atom stereocenters. The van der Waals surface area contributed by atoms with Gasteiger partial charge in [0.1, 0.15) is 5.82 Å². The van der Waals surface area contributed by atoms with Gasteiger partial charge in [-0.25, -0.2) is 4.39 Å². The molecule has 0 spiro atoms. The molecule has 0 aliphatic carbocycles. The van der Waals surface area contributed by atoms with Crippen LogP contribution in [0.2, 0.25) is 0 Å². The van der Waals surface area contributed by atoms with Crippen LogP contribution in [0.25, 0.3) is 10.9 Å². The van der Waals surface area contributed by atoms with E-state index in [4.69, 9.17) is 0 Å². The Kier molecular flexibility index (Phi) is 3.67. The second kappa shape index (κ2) is 5.64. The fraction of sp³-hybridized carbons (Fsp3) is 0.167. The van der Waals surface area contributed by atoms with Crippen molar-refractivity contribution in [1.82, 2.24) is 4.57 Å². The van der Waals surface area contributed by atoms with Crippen molar-refractivity contribution in [2.24, 2.45) is 12.1 Å². The first-order valence-corrected chi connectivity index (χ1v) is 7.15. The molecule has 2 aromatic carbocycles. The molecule has 0 aliphatic heterocycles. The van der Waals surface area contributed by atoms with Gasteiger partial charge in [-0.05, 0) is 43.7 Å². The van der Waals surface area contributed by atoms with Crippen molar-refractivity contribution in [3.8, 4) is 0 Å². The van der Waals surface area contributed by atoms with E-state index < -0.39 is 0 Å². The molecule has 0 bridgehead atoms. The number of halogens is 1. The number of aryl methyl sites for hydroxylation is 3. The predicted octanol–water partition coefficient (Wildman–Crippen LogP) is 4.38. The lowest BCUT2D eigenvalue weighted by molar-refractivity contribution is 0.629. The average Bonchev–Trinajstić information content (AvgIpc) is 2.77. The molecular formula is C18H18FN3. The van der Waals surface area contributed by atoms with Crippen molar-refractivity contribution in [3.63, 3.8) is 0 Å². The Morgan fingerprint density at radius 1 is 1.14 bits per heavy atom. The summed E-state index contributed by atoms with van der Waals surface area (Å²) in [5.74, 6) is -0.240. The summed E-state index contributed by atoms with van der Waals surface area (Å²) in [5, 5.41) is 5.14. The molecule has 0 amide bonds. The van der Waals surface area contributed by atoms with Gasteiger partial charge in [-0.2, -0.15) is 5.10 Å². The Hall–Kier alpha value is -2.62. The van der Waals surface area contributed by atoms with Crippen molar-refractivity contribution in [2.45, 2.75) is 13.8 Å². The van der Waals surface area contributed by atoms with E-state index in [1.54, 1.807) is 12.3 Å². The van der Waals surface area contributed by atoms with Crippen LogP contribution in [0.5, 0.6) is 0 Å². The summed E-state index contributed by atoms with van der Waals surface area (Å²) in [5.41, 5.74) is 8.23.